The number of anilines is 2. The van der Waals surface area contributed by atoms with E-state index in [1.165, 1.54) is 12.1 Å². The fraction of sp³-hybridized carbons (Fsp3) is 0.250. The van der Waals surface area contributed by atoms with Crippen LogP contribution in [0.4, 0.5) is 20.2 Å². The highest BCUT2D eigenvalue weighted by Gasteiger charge is 2.18. The van der Waals surface area contributed by atoms with Crippen molar-refractivity contribution in [3.8, 4) is 0 Å². The standard InChI is InChI=1S/C16H18F2N2/c1-3-20(13-6-4-5-11(2)7-13)16-14(17)8-12(10-19)9-15(16)18/h4-9H,3,10,19H2,1-2H3. The Labute approximate surface area is 117 Å². The Morgan fingerprint density at radius 2 is 1.75 bits per heavy atom. The molecule has 0 aliphatic heterocycles. The van der Waals surface area contributed by atoms with Crippen molar-refractivity contribution in [2.75, 3.05) is 11.4 Å². The smallest absolute Gasteiger partial charge is 0.150 e. The number of benzene rings is 2. The number of hydrogen-bond acceptors (Lipinski definition) is 2. The van der Waals surface area contributed by atoms with Crippen molar-refractivity contribution >= 4 is 11.4 Å². The lowest BCUT2D eigenvalue weighted by atomic mass is 10.1. The van der Waals surface area contributed by atoms with Gasteiger partial charge in [-0.1, -0.05) is 12.1 Å². The Balaban J connectivity index is 2.52. The lowest BCUT2D eigenvalue weighted by molar-refractivity contribution is 0.578. The molecule has 106 valence electrons. The van der Waals surface area contributed by atoms with Gasteiger partial charge in [0.25, 0.3) is 0 Å². The van der Waals surface area contributed by atoms with E-state index in [-0.39, 0.29) is 12.2 Å². The Morgan fingerprint density at radius 1 is 1.10 bits per heavy atom. The average molecular weight is 276 g/mol. The van der Waals surface area contributed by atoms with E-state index in [1.807, 2.05) is 38.1 Å². The van der Waals surface area contributed by atoms with E-state index in [1.54, 1.807) is 4.90 Å². The van der Waals surface area contributed by atoms with Crippen molar-refractivity contribution in [3.05, 3.63) is 59.2 Å². The highest BCUT2D eigenvalue weighted by atomic mass is 19.1. The minimum atomic E-state index is -0.589. The molecular formula is C16H18F2N2. The van der Waals surface area contributed by atoms with Crippen molar-refractivity contribution < 1.29 is 8.78 Å². The number of nitrogens with zero attached hydrogens (tertiary/aromatic N) is 1. The van der Waals surface area contributed by atoms with Crippen molar-refractivity contribution in [2.45, 2.75) is 20.4 Å². The van der Waals surface area contributed by atoms with Gasteiger partial charge in [-0.15, -0.1) is 0 Å². The van der Waals surface area contributed by atoms with Gasteiger partial charge < -0.3 is 10.6 Å². The van der Waals surface area contributed by atoms with Gasteiger partial charge >= 0.3 is 0 Å². The third-order valence-corrected chi connectivity index (χ3v) is 3.21. The minimum Gasteiger partial charge on any atom is -0.337 e. The molecule has 0 aliphatic rings. The van der Waals surface area contributed by atoms with Crippen LogP contribution in [0.5, 0.6) is 0 Å². The van der Waals surface area contributed by atoms with Gasteiger partial charge in [0.2, 0.25) is 0 Å². The first-order valence-corrected chi connectivity index (χ1v) is 6.59. The van der Waals surface area contributed by atoms with Crippen LogP contribution in [-0.2, 0) is 6.54 Å². The molecule has 0 spiro atoms. The van der Waals surface area contributed by atoms with Gasteiger partial charge in [-0.2, -0.15) is 0 Å². The molecule has 0 unspecified atom stereocenters. The van der Waals surface area contributed by atoms with Crippen LogP contribution in [0.3, 0.4) is 0 Å². The first-order chi connectivity index (χ1) is 9.56. The van der Waals surface area contributed by atoms with E-state index >= 15 is 0 Å². The summed E-state index contributed by atoms with van der Waals surface area (Å²) < 4.78 is 28.4. The first-order valence-electron chi connectivity index (χ1n) is 6.59. The summed E-state index contributed by atoms with van der Waals surface area (Å²) in [5.41, 5.74) is 7.66. The molecular weight excluding hydrogens is 258 g/mol. The van der Waals surface area contributed by atoms with Crippen molar-refractivity contribution in [3.63, 3.8) is 0 Å². The molecule has 0 aromatic heterocycles. The Bertz CT molecular complexity index is 588. The molecule has 0 fully saturated rings. The average Bonchev–Trinajstić information content (AvgIpc) is 2.42. The zero-order chi connectivity index (χ0) is 14.7. The Kier molecular flexibility index (Phi) is 4.35. The Hall–Kier alpha value is -1.94. The van der Waals surface area contributed by atoms with Gasteiger partial charge in [0.1, 0.15) is 17.3 Å². The second-order valence-corrected chi connectivity index (χ2v) is 4.70. The fourth-order valence-electron chi connectivity index (χ4n) is 2.26. The highest BCUT2D eigenvalue weighted by Crippen LogP contribution is 2.31. The zero-order valence-corrected chi connectivity index (χ0v) is 11.7. The maximum atomic E-state index is 14.2. The molecule has 4 heteroatoms. The summed E-state index contributed by atoms with van der Waals surface area (Å²) in [5.74, 6) is -1.18. The molecule has 2 nitrogen and oxygen atoms in total. The lowest BCUT2D eigenvalue weighted by Gasteiger charge is -2.25. The predicted octanol–water partition coefficient (Wildman–Crippen LogP) is 3.89. The summed E-state index contributed by atoms with van der Waals surface area (Å²) in [6, 6.07) is 10.1. The third kappa shape index (κ3) is 2.80. The number of halogens is 2. The lowest BCUT2D eigenvalue weighted by Crippen LogP contribution is -2.19. The van der Waals surface area contributed by atoms with E-state index < -0.39 is 11.6 Å². The SMILES string of the molecule is CCN(c1cccc(C)c1)c1c(F)cc(CN)cc1F. The van der Waals surface area contributed by atoms with Crippen molar-refractivity contribution in [1.82, 2.24) is 0 Å². The number of rotatable bonds is 4. The van der Waals surface area contributed by atoms with E-state index in [2.05, 4.69) is 0 Å². The number of hydrogen-bond donors (Lipinski definition) is 1. The monoisotopic (exact) mass is 276 g/mol. The van der Waals surface area contributed by atoms with Gasteiger partial charge in [-0.05, 0) is 49.2 Å². The van der Waals surface area contributed by atoms with E-state index in [4.69, 9.17) is 5.73 Å². The second kappa shape index (κ2) is 6.01. The van der Waals surface area contributed by atoms with Gasteiger partial charge in [0, 0.05) is 18.8 Å². The molecule has 0 amide bonds. The van der Waals surface area contributed by atoms with E-state index in [0.29, 0.717) is 12.1 Å². The molecule has 0 aliphatic carbocycles. The normalized spacial score (nSPS) is 10.7. The largest absolute Gasteiger partial charge is 0.337 e. The molecule has 0 radical (unpaired) electrons. The zero-order valence-electron chi connectivity index (χ0n) is 11.7. The van der Waals surface area contributed by atoms with Gasteiger partial charge in [0.15, 0.2) is 0 Å². The van der Waals surface area contributed by atoms with E-state index in [0.717, 1.165) is 11.3 Å². The predicted molar refractivity (Wildman–Crippen MR) is 78.1 cm³/mol. The molecule has 0 atom stereocenters. The molecule has 2 N–H and O–H groups in total. The molecule has 0 bridgehead atoms. The Morgan fingerprint density at radius 3 is 2.25 bits per heavy atom. The van der Waals surface area contributed by atoms with Gasteiger partial charge in [-0.3, -0.25) is 0 Å². The molecule has 0 saturated heterocycles. The topological polar surface area (TPSA) is 29.3 Å². The minimum absolute atomic E-state index is 0.0321. The van der Waals surface area contributed by atoms with Crippen LogP contribution in [-0.4, -0.2) is 6.54 Å². The maximum Gasteiger partial charge on any atom is 0.150 e. The second-order valence-electron chi connectivity index (χ2n) is 4.70. The summed E-state index contributed by atoms with van der Waals surface area (Å²) in [7, 11) is 0. The van der Waals surface area contributed by atoms with Crippen LogP contribution >= 0.6 is 0 Å². The number of nitrogens with two attached hydrogens (primary N) is 1. The van der Waals surface area contributed by atoms with Gasteiger partial charge in [-0.25, -0.2) is 8.78 Å². The van der Waals surface area contributed by atoms with Crippen LogP contribution in [0.2, 0.25) is 0 Å². The molecule has 2 rings (SSSR count). The van der Waals surface area contributed by atoms with Crippen molar-refractivity contribution in [2.24, 2.45) is 5.73 Å². The first kappa shape index (κ1) is 14.5. The third-order valence-electron chi connectivity index (χ3n) is 3.21. The molecule has 2 aromatic rings. The summed E-state index contributed by atoms with van der Waals surface area (Å²) in [5, 5.41) is 0. The molecule has 0 saturated carbocycles. The summed E-state index contributed by atoms with van der Waals surface area (Å²) >= 11 is 0. The van der Waals surface area contributed by atoms with Crippen LogP contribution in [0.15, 0.2) is 36.4 Å². The molecule has 2 aromatic carbocycles. The quantitative estimate of drug-likeness (QED) is 0.918. The van der Waals surface area contributed by atoms with Crippen molar-refractivity contribution in [1.29, 1.82) is 0 Å². The van der Waals surface area contributed by atoms with Crippen LogP contribution < -0.4 is 10.6 Å². The van der Waals surface area contributed by atoms with Gasteiger partial charge in [0.05, 0.1) is 0 Å². The fourth-order valence-corrected chi connectivity index (χ4v) is 2.26. The van der Waals surface area contributed by atoms with E-state index in [9.17, 15) is 8.78 Å². The number of aryl methyl sites for hydroxylation is 1. The summed E-state index contributed by atoms with van der Waals surface area (Å²) in [6.07, 6.45) is 0. The van der Waals surface area contributed by atoms with Crippen LogP contribution in [0.25, 0.3) is 0 Å². The van der Waals surface area contributed by atoms with Crippen LogP contribution in [0, 0.1) is 18.6 Å². The summed E-state index contributed by atoms with van der Waals surface area (Å²) in [6.45, 7) is 4.39. The highest BCUT2D eigenvalue weighted by molar-refractivity contribution is 5.65. The molecule has 20 heavy (non-hydrogen) atoms. The summed E-state index contributed by atoms with van der Waals surface area (Å²) in [4.78, 5) is 1.62. The maximum absolute atomic E-state index is 14.2. The van der Waals surface area contributed by atoms with Crippen LogP contribution in [0.1, 0.15) is 18.1 Å². The molecule has 0 heterocycles.